The molecule has 0 radical (unpaired) electrons. The first-order valence-electron chi connectivity index (χ1n) is 10.3. The van der Waals surface area contributed by atoms with Crippen LogP contribution in [0.15, 0.2) is 66.7 Å². The van der Waals surface area contributed by atoms with E-state index < -0.39 is 0 Å². The van der Waals surface area contributed by atoms with E-state index in [0.29, 0.717) is 23.6 Å². The zero-order valence-corrected chi connectivity index (χ0v) is 16.4. The van der Waals surface area contributed by atoms with Gasteiger partial charge >= 0.3 is 0 Å². The van der Waals surface area contributed by atoms with E-state index in [0.717, 1.165) is 6.42 Å². The maximum atomic E-state index is 11.3. The van der Waals surface area contributed by atoms with Crippen molar-refractivity contribution in [1.29, 1.82) is 0 Å². The molecule has 3 N–H and O–H groups in total. The van der Waals surface area contributed by atoms with E-state index in [1.807, 2.05) is 12.1 Å². The summed E-state index contributed by atoms with van der Waals surface area (Å²) in [7, 11) is 0. The first-order valence-corrected chi connectivity index (χ1v) is 10.3. The quantitative estimate of drug-likeness (QED) is 0.637. The molecule has 0 bridgehead atoms. The van der Waals surface area contributed by atoms with E-state index in [4.69, 9.17) is 5.73 Å². The van der Waals surface area contributed by atoms with Gasteiger partial charge in [0.1, 0.15) is 0 Å². The van der Waals surface area contributed by atoms with Crippen molar-refractivity contribution < 1.29 is 4.79 Å². The molecule has 1 aliphatic rings. The fourth-order valence-corrected chi connectivity index (χ4v) is 4.63. The van der Waals surface area contributed by atoms with Gasteiger partial charge in [-0.15, -0.1) is 0 Å². The van der Waals surface area contributed by atoms with Gasteiger partial charge in [-0.1, -0.05) is 61.0 Å². The molecule has 0 heterocycles. The first-order chi connectivity index (χ1) is 13.6. The fourth-order valence-electron chi connectivity index (χ4n) is 4.63. The number of hydrogen-bond acceptors (Lipinski definition) is 2. The predicted octanol–water partition coefficient (Wildman–Crippen LogP) is 5.32. The Morgan fingerprint density at radius 3 is 2.54 bits per heavy atom. The van der Waals surface area contributed by atoms with Crippen molar-refractivity contribution in [3.8, 4) is 0 Å². The molecular weight excluding hydrogens is 344 g/mol. The molecule has 0 spiro atoms. The minimum absolute atomic E-state index is 0.312. The van der Waals surface area contributed by atoms with Crippen LogP contribution in [0.1, 0.15) is 66.1 Å². The minimum atomic E-state index is -0.362. The van der Waals surface area contributed by atoms with Gasteiger partial charge in [-0.25, -0.2) is 0 Å². The number of hydrogen-bond donors (Lipinski definition) is 2. The van der Waals surface area contributed by atoms with Gasteiger partial charge in [-0.05, 0) is 66.1 Å². The van der Waals surface area contributed by atoms with E-state index in [1.165, 1.54) is 41.2 Å². The Hall–Kier alpha value is -2.65. The minimum Gasteiger partial charge on any atom is -0.366 e. The summed E-state index contributed by atoms with van der Waals surface area (Å²) in [5.74, 6) is 0.173. The van der Waals surface area contributed by atoms with Gasteiger partial charge in [0.15, 0.2) is 0 Å². The van der Waals surface area contributed by atoms with Gasteiger partial charge < -0.3 is 11.1 Å². The second kappa shape index (κ2) is 8.15. The summed E-state index contributed by atoms with van der Waals surface area (Å²) < 4.78 is 0. The SMILES string of the molecule is C[C@@H](NC1CCCC(c2ccc(C(N)=O)cc2)C1)c1cccc2ccccc12. The number of primary amides is 1. The predicted molar refractivity (Wildman–Crippen MR) is 115 cm³/mol. The molecule has 1 aliphatic carbocycles. The molecule has 3 nitrogen and oxygen atoms in total. The van der Waals surface area contributed by atoms with Gasteiger partial charge in [0.2, 0.25) is 5.91 Å². The van der Waals surface area contributed by atoms with Crippen molar-refractivity contribution in [1.82, 2.24) is 5.32 Å². The molecule has 28 heavy (non-hydrogen) atoms. The molecule has 1 amide bonds. The Bertz CT molecular complexity index is 958. The standard InChI is InChI=1S/C25H28N2O/c1-17(23-11-5-7-19-6-2-3-10-24(19)23)27-22-9-4-8-21(16-22)18-12-14-20(15-13-18)25(26)28/h2-3,5-7,10-15,17,21-22,27H,4,8-9,16H2,1H3,(H2,26,28)/t17-,21?,22?/m1/s1. The summed E-state index contributed by atoms with van der Waals surface area (Å²) in [5.41, 5.74) is 8.63. The van der Waals surface area contributed by atoms with Crippen LogP contribution in [0.5, 0.6) is 0 Å². The number of fused-ring (bicyclic) bond motifs is 1. The van der Waals surface area contributed by atoms with Crippen LogP contribution in [-0.4, -0.2) is 11.9 Å². The summed E-state index contributed by atoms with van der Waals surface area (Å²) in [6.07, 6.45) is 4.77. The monoisotopic (exact) mass is 372 g/mol. The average Bonchev–Trinajstić information content (AvgIpc) is 2.73. The Labute approximate surface area is 167 Å². The van der Waals surface area contributed by atoms with Gasteiger partial charge in [-0.3, -0.25) is 4.79 Å². The topological polar surface area (TPSA) is 55.1 Å². The highest BCUT2D eigenvalue weighted by molar-refractivity contribution is 5.92. The number of amides is 1. The van der Waals surface area contributed by atoms with Crippen LogP contribution in [0.2, 0.25) is 0 Å². The van der Waals surface area contributed by atoms with E-state index in [1.54, 1.807) is 0 Å². The zero-order chi connectivity index (χ0) is 19.5. The summed E-state index contributed by atoms with van der Waals surface area (Å²) in [6, 6.07) is 23.8. The number of carbonyl (C=O) groups excluding carboxylic acids is 1. The Kier molecular flexibility index (Phi) is 5.45. The normalized spacial score (nSPS) is 20.8. The molecule has 144 valence electrons. The third kappa shape index (κ3) is 3.95. The van der Waals surface area contributed by atoms with Gasteiger partial charge in [0.05, 0.1) is 0 Å². The van der Waals surface area contributed by atoms with E-state index >= 15 is 0 Å². The van der Waals surface area contributed by atoms with Crippen LogP contribution in [0.4, 0.5) is 0 Å². The van der Waals surface area contributed by atoms with Gasteiger partial charge in [0, 0.05) is 17.6 Å². The van der Waals surface area contributed by atoms with Crippen molar-refractivity contribution in [3.63, 3.8) is 0 Å². The summed E-state index contributed by atoms with van der Waals surface area (Å²) in [4.78, 5) is 11.3. The summed E-state index contributed by atoms with van der Waals surface area (Å²) >= 11 is 0. The zero-order valence-electron chi connectivity index (χ0n) is 16.4. The molecular formula is C25H28N2O. The maximum Gasteiger partial charge on any atom is 0.248 e. The highest BCUT2D eigenvalue weighted by atomic mass is 16.1. The summed E-state index contributed by atoms with van der Waals surface area (Å²) in [5, 5.41) is 6.51. The molecule has 0 aromatic heterocycles. The Balaban J connectivity index is 1.46. The van der Waals surface area contributed by atoms with Crippen molar-refractivity contribution in [2.75, 3.05) is 0 Å². The lowest BCUT2D eigenvalue weighted by molar-refractivity contribution is 0.1000. The van der Waals surface area contributed by atoms with Crippen LogP contribution in [0.3, 0.4) is 0 Å². The smallest absolute Gasteiger partial charge is 0.248 e. The van der Waals surface area contributed by atoms with Crippen molar-refractivity contribution in [2.24, 2.45) is 5.73 Å². The lowest BCUT2D eigenvalue weighted by Gasteiger charge is -2.32. The number of rotatable bonds is 5. The van der Waals surface area contributed by atoms with Crippen LogP contribution in [0.25, 0.3) is 10.8 Å². The van der Waals surface area contributed by atoms with Crippen LogP contribution in [0, 0.1) is 0 Å². The highest BCUT2D eigenvalue weighted by Gasteiger charge is 2.25. The average molecular weight is 373 g/mol. The largest absolute Gasteiger partial charge is 0.366 e. The molecule has 1 saturated carbocycles. The first kappa shape index (κ1) is 18.7. The lowest BCUT2D eigenvalue weighted by atomic mass is 9.80. The van der Waals surface area contributed by atoms with E-state index in [9.17, 15) is 4.79 Å². The van der Waals surface area contributed by atoms with Gasteiger partial charge in [-0.2, -0.15) is 0 Å². The summed E-state index contributed by atoms with van der Waals surface area (Å²) in [6.45, 7) is 2.27. The molecule has 1 fully saturated rings. The Morgan fingerprint density at radius 2 is 1.75 bits per heavy atom. The van der Waals surface area contributed by atoms with Crippen LogP contribution in [-0.2, 0) is 0 Å². The second-order valence-corrected chi connectivity index (χ2v) is 8.00. The van der Waals surface area contributed by atoms with Crippen molar-refractivity contribution in [3.05, 3.63) is 83.4 Å². The van der Waals surface area contributed by atoms with Crippen LogP contribution < -0.4 is 11.1 Å². The number of carbonyl (C=O) groups is 1. The third-order valence-electron chi connectivity index (χ3n) is 6.12. The highest BCUT2D eigenvalue weighted by Crippen LogP contribution is 2.34. The number of nitrogens with one attached hydrogen (secondary N) is 1. The lowest BCUT2D eigenvalue weighted by Crippen LogP contribution is -2.35. The van der Waals surface area contributed by atoms with E-state index in [2.05, 4.69) is 66.8 Å². The number of benzene rings is 3. The molecule has 4 rings (SSSR count). The fraction of sp³-hybridized carbons (Fsp3) is 0.320. The van der Waals surface area contributed by atoms with Crippen LogP contribution >= 0.6 is 0 Å². The van der Waals surface area contributed by atoms with Gasteiger partial charge in [0.25, 0.3) is 0 Å². The molecule has 3 aromatic rings. The molecule has 3 heteroatoms. The Morgan fingerprint density at radius 1 is 1.00 bits per heavy atom. The van der Waals surface area contributed by atoms with Crippen molar-refractivity contribution in [2.45, 2.75) is 50.6 Å². The van der Waals surface area contributed by atoms with Crippen molar-refractivity contribution >= 4 is 16.7 Å². The molecule has 2 unspecified atom stereocenters. The molecule has 3 atom stereocenters. The molecule has 0 saturated heterocycles. The third-order valence-corrected chi connectivity index (χ3v) is 6.12. The van der Waals surface area contributed by atoms with E-state index in [-0.39, 0.29) is 5.91 Å². The maximum absolute atomic E-state index is 11.3. The molecule has 0 aliphatic heterocycles. The number of nitrogens with two attached hydrogens (primary N) is 1. The molecule has 3 aromatic carbocycles. The second-order valence-electron chi connectivity index (χ2n) is 8.00.